The van der Waals surface area contributed by atoms with Crippen molar-refractivity contribution in [2.45, 2.75) is 12.8 Å². The van der Waals surface area contributed by atoms with Gasteiger partial charge in [0.2, 0.25) is 5.91 Å². The predicted octanol–water partition coefficient (Wildman–Crippen LogP) is 1.42. The topological polar surface area (TPSA) is 58.4 Å². The first kappa shape index (κ1) is 14.7. The van der Waals surface area contributed by atoms with Gasteiger partial charge in [-0.2, -0.15) is 0 Å². The summed E-state index contributed by atoms with van der Waals surface area (Å²) in [6, 6.07) is 4.82. The minimum absolute atomic E-state index is 0.0370. The Morgan fingerprint density at radius 3 is 2.90 bits per heavy atom. The van der Waals surface area contributed by atoms with Gasteiger partial charge in [-0.15, -0.1) is 0 Å². The first-order valence-corrected chi connectivity index (χ1v) is 6.99. The first-order valence-electron chi connectivity index (χ1n) is 6.59. The molecular weight excluding hydrogens is 277 g/mol. The van der Waals surface area contributed by atoms with Crippen LogP contribution in [-0.2, 0) is 4.79 Å². The average molecular weight is 295 g/mol. The molecule has 0 aromatic heterocycles. The third-order valence-electron chi connectivity index (χ3n) is 3.62. The van der Waals surface area contributed by atoms with E-state index in [4.69, 9.17) is 18.0 Å². The summed E-state index contributed by atoms with van der Waals surface area (Å²) in [5.74, 6) is -0.431. The van der Waals surface area contributed by atoms with E-state index in [1.807, 2.05) is 4.90 Å². The Morgan fingerprint density at radius 1 is 1.55 bits per heavy atom. The fourth-order valence-electron chi connectivity index (χ4n) is 2.53. The Hall–Kier alpha value is -1.69. The second-order valence-electron chi connectivity index (χ2n) is 4.93. The van der Waals surface area contributed by atoms with E-state index in [1.165, 1.54) is 6.07 Å². The van der Waals surface area contributed by atoms with Gasteiger partial charge in [0.05, 0.1) is 5.92 Å². The smallest absolute Gasteiger partial charge is 0.224 e. The van der Waals surface area contributed by atoms with Crippen LogP contribution in [0.2, 0.25) is 0 Å². The molecule has 1 unspecified atom stereocenters. The molecular formula is C14H18FN3OS. The third-order valence-corrected chi connectivity index (χ3v) is 3.84. The number of rotatable bonds is 3. The van der Waals surface area contributed by atoms with Gasteiger partial charge in [-0.25, -0.2) is 4.39 Å². The van der Waals surface area contributed by atoms with Crippen LogP contribution in [0.15, 0.2) is 18.2 Å². The minimum Gasteiger partial charge on any atom is -0.389 e. The van der Waals surface area contributed by atoms with Crippen LogP contribution in [0.25, 0.3) is 0 Å². The number of anilines is 1. The van der Waals surface area contributed by atoms with Gasteiger partial charge in [-0.05, 0) is 31.0 Å². The largest absolute Gasteiger partial charge is 0.389 e. The van der Waals surface area contributed by atoms with E-state index < -0.39 is 5.82 Å². The maximum atomic E-state index is 13.9. The van der Waals surface area contributed by atoms with Crippen LogP contribution in [0.5, 0.6) is 0 Å². The summed E-state index contributed by atoms with van der Waals surface area (Å²) in [7, 11) is 1.64. The molecule has 20 heavy (non-hydrogen) atoms. The predicted molar refractivity (Wildman–Crippen MR) is 81.3 cm³/mol. The fraction of sp³-hybridized carbons (Fsp3) is 0.429. The van der Waals surface area contributed by atoms with Crippen molar-refractivity contribution in [1.82, 2.24) is 5.32 Å². The van der Waals surface area contributed by atoms with E-state index in [1.54, 1.807) is 19.2 Å². The van der Waals surface area contributed by atoms with Crippen molar-refractivity contribution in [2.24, 2.45) is 11.7 Å². The molecule has 1 aliphatic heterocycles. The van der Waals surface area contributed by atoms with Gasteiger partial charge in [0.15, 0.2) is 0 Å². The molecule has 0 radical (unpaired) electrons. The Bertz CT molecular complexity index is 535. The van der Waals surface area contributed by atoms with Gasteiger partial charge in [0.1, 0.15) is 10.8 Å². The van der Waals surface area contributed by atoms with Gasteiger partial charge in [0, 0.05) is 31.4 Å². The second kappa shape index (κ2) is 6.17. The molecule has 1 atom stereocenters. The lowest BCUT2D eigenvalue weighted by atomic mass is 9.96. The highest BCUT2D eigenvalue weighted by molar-refractivity contribution is 7.80. The Balaban J connectivity index is 2.17. The van der Waals surface area contributed by atoms with E-state index in [9.17, 15) is 9.18 Å². The van der Waals surface area contributed by atoms with Crippen LogP contribution < -0.4 is 16.0 Å². The van der Waals surface area contributed by atoms with Gasteiger partial charge < -0.3 is 16.0 Å². The maximum absolute atomic E-state index is 13.9. The number of hydrogen-bond acceptors (Lipinski definition) is 3. The van der Waals surface area contributed by atoms with Crippen molar-refractivity contribution in [2.75, 3.05) is 25.0 Å². The zero-order chi connectivity index (χ0) is 14.7. The highest BCUT2D eigenvalue weighted by Gasteiger charge is 2.25. The SMILES string of the molecule is CNC(=O)C1CCCN(c2ccc(C(N)=S)c(F)c2)C1. The van der Waals surface area contributed by atoms with Crippen molar-refractivity contribution in [3.8, 4) is 0 Å². The summed E-state index contributed by atoms with van der Waals surface area (Å²) in [6.45, 7) is 1.42. The number of piperidine rings is 1. The Morgan fingerprint density at radius 2 is 2.30 bits per heavy atom. The number of thiocarbonyl (C=S) groups is 1. The molecule has 6 heteroatoms. The molecule has 0 aliphatic carbocycles. The zero-order valence-electron chi connectivity index (χ0n) is 11.4. The number of nitrogens with zero attached hydrogens (tertiary/aromatic N) is 1. The van der Waals surface area contributed by atoms with Crippen molar-refractivity contribution in [1.29, 1.82) is 0 Å². The number of nitrogens with two attached hydrogens (primary N) is 1. The quantitative estimate of drug-likeness (QED) is 0.828. The van der Waals surface area contributed by atoms with Crippen molar-refractivity contribution < 1.29 is 9.18 Å². The highest BCUT2D eigenvalue weighted by atomic mass is 32.1. The standard InChI is InChI=1S/C14H18FN3OS/c1-17-14(19)9-3-2-6-18(8-9)10-4-5-11(13(16)20)12(15)7-10/h4-5,7,9H,2-3,6,8H2,1H3,(H2,16,20)(H,17,19). The molecule has 1 aliphatic rings. The second-order valence-corrected chi connectivity index (χ2v) is 5.37. The molecule has 1 fully saturated rings. The summed E-state index contributed by atoms with van der Waals surface area (Å²) in [5, 5.41) is 2.67. The van der Waals surface area contributed by atoms with Crippen LogP contribution in [0.1, 0.15) is 18.4 Å². The Kier molecular flexibility index (Phi) is 4.54. The molecule has 4 nitrogen and oxygen atoms in total. The molecule has 1 saturated heterocycles. The number of carbonyl (C=O) groups is 1. The molecule has 2 rings (SSSR count). The number of halogens is 1. The minimum atomic E-state index is -0.419. The van der Waals surface area contributed by atoms with Crippen molar-refractivity contribution in [3.05, 3.63) is 29.6 Å². The third kappa shape index (κ3) is 3.07. The van der Waals surface area contributed by atoms with Crippen LogP contribution in [-0.4, -0.2) is 31.0 Å². The summed E-state index contributed by atoms with van der Waals surface area (Å²) < 4.78 is 13.9. The van der Waals surface area contributed by atoms with Gasteiger partial charge in [0.25, 0.3) is 0 Å². The first-order chi connectivity index (χ1) is 9.52. The summed E-state index contributed by atoms with van der Waals surface area (Å²) in [4.78, 5) is 13.8. The molecule has 1 aromatic carbocycles. The van der Waals surface area contributed by atoms with Crippen molar-refractivity contribution in [3.63, 3.8) is 0 Å². The average Bonchev–Trinajstić information content (AvgIpc) is 2.46. The lowest BCUT2D eigenvalue weighted by molar-refractivity contribution is -0.124. The number of benzene rings is 1. The molecule has 3 N–H and O–H groups in total. The normalized spacial score (nSPS) is 18.7. The summed E-state index contributed by atoms with van der Waals surface area (Å²) in [6.07, 6.45) is 1.78. The number of carbonyl (C=O) groups excluding carboxylic acids is 1. The van der Waals surface area contributed by atoms with E-state index >= 15 is 0 Å². The van der Waals surface area contributed by atoms with Crippen LogP contribution in [0, 0.1) is 11.7 Å². The van der Waals surface area contributed by atoms with Gasteiger partial charge in [-0.3, -0.25) is 4.79 Å². The van der Waals surface area contributed by atoms with Crippen LogP contribution >= 0.6 is 12.2 Å². The number of nitrogens with one attached hydrogen (secondary N) is 1. The van der Waals surface area contributed by atoms with Gasteiger partial charge >= 0.3 is 0 Å². The molecule has 1 heterocycles. The molecule has 0 saturated carbocycles. The lowest BCUT2D eigenvalue weighted by Crippen LogP contribution is -2.42. The summed E-state index contributed by atoms with van der Waals surface area (Å²) in [5.41, 5.74) is 6.46. The molecule has 108 valence electrons. The van der Waals surface area contributed by atoms with E-state index in [-0.39, 0.29) is 22.4 Å². The number of amides is 1. The molecule has 1 amide bonds. The van der Waals surface area contributed by atoms with E-state index in [2.05, 4.69) is 5.32 Å². The summed E-state index contributed by atoms with van der Waals surface area (Å²) >= 11 is 4.79. The number of hydrogen-bond donors (Lipinski definition) is 2. The Labute approximate surface area is 123 Å². The zero-order valence-corrected chi connectivity index (χ0v) is 12.2. The fourth-order valence-corrected chi connectivity index (χ4v) is 2.70. The van der Waals surface area contributed by atoms with E-state index in [0.29, 0.717) is 6.54 Å². The van der Waals surface area contributed by atoms with E-state index in [0.717, 1.165) is 25.1 Å². The maximum Gasteiger partial charge on any atom is 0.224 e. The lowest BCUT2D eigenvalue weighted by Gasteiger charge is -2.33. The van der Waals surface area contributed by atoms with Crippen LogP contribution in [0.4, 0.5) is 10.1 Å². The van der Waals surface area contributed by atoms with Crippen LogP contribution in [0.3, 0.4) is 0 Å². The highest BCUT2D eigenvalue weighted by Crippen LogP contribution is 2.25. The molecule has 1 aromatic rings. The molecule has 0 spiro atoms. The monoisotopic (exact) mass is 295 g/mol. The van der Waals surface area contributed by atoms with Crippen molar-refractivity contribution >= 4 is 28.8 Å². The van der Waals surface area contributed by atoms with Gasteiger partial charge in [-0.1, -0.05) is 12.2 Å². The molecule has 0 bridgehead atoms.